The van der Waals surface area contributed by atoms with E-state index in [2.05, 4.69) is 14.5 Å². The third kappa shape index (κ3) is 4.57. The van der Waals surface area contributed by atoms with Crippen LogP contribution in [0.1, 0.15) is 24.7 Å². The molecule has 9 nitrogen and oxygen atoms in total. The van der Waals surface area contributed by atoms with E-state index in [1.54, 1.807) is 13.3 Å². The average molecular weight is 438 g/mol. The van der Waals surface area contributed by atoms with Crippen molar-refractivity contribution < 1.29 is 19.4 Å². The van der Waals surface area contributed by atoms with Crippen LogP contribution >= 0.6 is 0 Å². The molecule has 0 saturated carbocycles. The number of imidazole rings is 1. The van der Waals surface area contributed by atoms with Crippen molar-refractivity contribution in [2.45, 2.75) is 19.9 Å². The summed E-state index contributed by atoms with van der Waals surface area (Å²) in [7, 11) is 1.64. The molecule has 0 spiro atoms. The van der Waals surface area contributed by atoms with Gasteiger partial charge in [-0.1, -0.05) is 18.2 Å². The lowest BCUT2D eigenvalue weighted by atomic mass is 9.87. The molecule has 2 aromatic heterocycles. The lowest BCUT2D eigenvalue weighted by molar-refractivity contribution is 0.0793. The van der Waals surface area contributed by atoms with Gasteiger partial charge in [-0.3, -0.25) is 0 Å². The van der Waals surface area contributed by atoms with Gasteiger partial charge in [-0.2, -0.15) is 0 Å². The molecule has 1 aliphatic rings. The van der Waals surface area contributed by atoms with E-state index < -0.39 is 6.09 Å². The maximum Gasteiger partial charge on any atom is 0.407 e. The van der Waals surface area contributed by atoms with Crippen molar-refractivity contribution in [1.29, 1.82) is 0 Å². The van der Waals surface area contributed by atoms with E-state index in [1.807, 2.05) is 43.3 Å². The van der Waals surface area contributed by atoms with E-state index in [0.717, 1.165) is 22.7 Å². The van der Waals surface area contributed by atoms with Gasteiger partial charge in [0.05, 0.1) is 19.9 Å². The summed E-state index contributed by atoms with van der Waals surface area (Å²) in [6, 6.07) is 7.88. The van der Waals surface area contributed by atoms with Gasteiger partial charge in [0.2, 0.25) is 0 Å². The first-order valence-electron chi connectivity index (χ1n) is 10.6. The smallest absolute Gasteiger partial charge is 0.407 e. The summed E-state index contributed by atoms with van der Waals surface area (Å²) in [5.41, 5.74) is 2.15. The van der Waals surface area contributed by atoms with Crippen LogP contribution in [0.4, 0.5) is 4.79 Å². The van der Waals surface area contributed by atoms with E-state index in [9.17, 15) is 9.90 Å². The summed E-state index contributed by atoms with van der Waals surface area (Å²) in [6.07, 6.45) is 7.04. The number of methoxy groups -OCH3 is 1. The van der Waals surface area contributed by atoms with E-state index in [4.69, 9.17) is 14.5 Å². The molecule has 0 unspecified atom stereocenters. The molecule has 1 fully saturated rings. The van der Waals surface area contributed by atoms with Crippen molar-refractivity contribution >= 4 is 23.3 Å². The lowest BCUT2D eigenvalue weighted by Crippen LogP contribution is -2.32. The number of fused-ring (bicyclic) bond motifs is 1. The summed E-state index contributed by atoms with van der Waals surface area (Å²) in [5.74, 6) is 1.54. The van der Waals surface area contributed by atoms with Crippen molar-refractivity contribution in [3.8, 4) is 5.75 Å². The first-order valence-corrected chi connectivity index (χ1v) is 10.6. The normalized spacial score (nSPS) is 18.6. The molecule has 3 aromatic rings. The van der Waals surface area contributed by atoms with E-state index >= 15 is 0 Å². The number of likely N-dealkylation sites (tertiary alicyclic amines) is 1. The monoisotopic (exact) mass is 437 g/mol. The van der Waals surface area contributed by atoms with Crippen molar-refractivity contribution in [3.63, 3.8) is 0 Å². The molecule has 1 saturated heterocycles. The van der Waals surface area contributed by atoms with Crippen molar-refractivity contribution in [1.82, 2.24) is 24.4 Å². The van der Waals surface area contributed by atoms with Gasteiger partial charge in [-0.25, -0.2) is 19.7 Å². The number of carbonyl (C=O) groups is 1. The first kappa shape index (κ1) is 21.8. The summed E-state index contributed by atoms with van der Waals surface area (Å²) in [6.45, 7) is 4.45. The van der Waals surface area contributed by atoms with Gasteiger partial charge in [-0.05, 0) is 37.1 Å². The van der Waals surface area contributed by atoms with Crippen LogP contribution in [-0.4, -0.2) is 69.0 Å². The Bertz CT molecular complexity index is 1110. The quantitative estimate of drug-likeness (QED) is 0.577. The van der Waals surface area contributed by atoms with Gasteiger partial charge < -0.3 is 24.0 Å². The number of carboxylic acid groups (broad SMARTS) is 1. The SMILES string of the molecule is CCOC[C@]1(C=Cc2nc3ncncc3n2Cc2ccc(OC)cc2)CCN(C(=O)O)C1. The molecule has 4 rings (SSSR count). The van der Waals surface area contributed by atoms with Crippen LogP contribution in [0.3, 0.4) is 0 Å². The second kappa shape index (κ2) is 9.35. The third-order valence-corrected chi connectivity index (χ3v) is 5.80. The Morgan fingerprint density at radius 3 is 2.81 bits per heavy atom. The van der Waals surface area contributed by atoms with Crippen molar-refractivity contribution in [3.05, 3.63) is 54.3 Å². The molecule has 9 heteroatoms. The minimum atomic E-state index is -0.904. The molecule has 1 N–H and O–H groups in total. The molecule has 0 bridgehead atoms. The van der Waals surface area contributed by atoms with E-state index in [1.165, 1.54) is 11.2 Å². The van der Waals surface area contributed by atoms with Gasteiger partial charge in [-0.15, -0.1) is 0 Å². The molecule has 1 atom stereocenters. The average Bonchev–Trinajstić information content (AvgIpc) is 3.39. The molecule has 1 aliphatic heterocycles. The summed E-state index contributed by atoms with van der Waals surface area (Å²) in [4.78, 5) is 26.1. The highest BCUT2D eigenvalue weighted by atomic mass is 16.5. The number of nitrogens with zero attached hydrogens (tertiary/aromatic N) is 5. The van der Waals surface area contributed by atoms with Gasteiger partial charge in [0.15, 0.2) is 5.65 Å². The highest BCUT2D eigenvalue weighted by Gasteiger charge is 2.38. The Hall–Kier alpha value is -3.46. The third-order valence-electron chi connectivity index (χ3n) is 5.80. The zero-order valence-corrected chi connectivity index (χ0v) is 18.3. The Morgan fingerprint density at radius 2 is 2.12 bits per heavy atom. The summed E-state index contributed by atoms with van der Waals surface area (Å²) < 4.78 is 13.0. The number of hydrogen-bond acceptors (Lipinski definition) is 6. The fourth-order valence-corrected chi connectivity index (χ4v) is 4.01. The maximum absolute atomic E-state index is 11.5. The largest absolute Gasteiger partial charge is 0.497 e. The second-order valence-electron chi connectivity index (χ2n) is 7.92. The number of rotatable bonds is 8. The van der Waals surface area contributed by atoms with E-state index in [-0.39, 0.29) is 5.41 Å². The second-order valence-corrected chi connectivity index (χ2v) is 7.92. The predicted molar refractivity (Wildman–Crippen MR) is 120 cm³/mol. The molecule has 168 valence electrons. The fraction of sp³-hybridized carbons (Fsp3) is 0.391. The predicted octanol–water partition coefficient (Wildman–Crippen LogP) is 3.30. The highest BCUT2D eigenvalue weighted by molar-refractivity contribution is 5.73. The topological polar surface area (TPSA) is 103 Å². The standard InChI is InChI=1S/C23H27N5O4/c1-3-32-15-23(10-11-27(14-23)22(29)30)9-8-20-26-21-19(12-24-16-25-21)28(20)13-17-4-6-18(31-2)7-5-17/h4-9,12,16H,3,10-11,13-15H2,1-2H3,(H,29,30)/t23-/m1/s1. The van der Waals surface area contributed by atoms with Gasteiger partial charge in [0.1, 0.15) is 23.4 Å². The Balaban J connectivity index is 1.67. The van der Waals surface area contributed by atoms with Crippen LogP contribution in [-0.2, 0) is 11.3 Å². The molecule has 1 aromatic carbocycles. The van der Waals surface area contributed by atoms with E-state index in [0.29, 0.717) is 44.9 Å². The van der Waals surface area contributed by atoms with Crippen LogP contribution in [0, 0.1) is 5.41 Å². The highest BCUT2D eigenvalue weighted by Crippen LogP contribution is 2.33. The Kier molecular flexibility index (Phi) is 6.36. The molecule has 32 heavy (non-hydrogen) atoms. The van der Waals surface area contributed by atoms with Gasteiger partial charge in [0, 0.05) is 31.7 Å². The van der Waals surface area contributed by atoms with Crippen LogP contribution in [0.25, 0.3) is 17.2 Å². The molecule has 1 amide bonds. The number of ether oxygens (including phenoxy) is 2. The van der Waals surface area contributed by atoms with Crippen molar-refractivity contribution in [2.75, 3.05) is 33.4 Å². The molecule has 0 aliphatic carbocycles. The summed E-state index contributed by atoms with van der Waals surface area (Å²) >= 11 is 0. The van der Waals surface area contributed by atoms with Crippen LogP contribution in [0.15, 0.2) is 42.9 Å². The van der Waals surface area contributed by atoms with Crippen LogP contribution in [0.2, 0.25) is 0 Å². The Morgan fingerprint density at radius 1 is 1.31 bits per heavy atom. The van der Waals surface area contributed by atoms with Crippen molar-refractivity contribution in [2.24, 2.45) is 5.41 Å². The molecular weight excluding hydrogens is 410 g/mol. The zero-order valence-electron chi connectivity index (χ0n) is 18.3. The first-order chi connectivity index (χ1) is 15.5. The molecule has 0 radical (unpaired) electrons. The maximum atomic E-state index is 11.5. The number of aromatic nitrogens is 4. The lowest BCUT2D eigenvalue weighted by Gasteiger charge is -2.25. The minimum Gasteiger partial charge on any atom is -0.497 e. The molecule has 3 heterocycles. The molecular formula is C23H27N5O4. The van der Waals surface area contributed by atoms with Gasteiger partial charge in [0.25, 0.3) is 0 Å². The Labute approximate surface area is 186 Å². The fourth-order valence-electron chi connectivity index (χ4n) is 4.01. The van der Waals surface area contributed by atoms with Crippen LogP contribution < -0.4 is 4.74 Å². The number of hydrogen-bond donors (Lipinski definition) is 1. The van der Waals surface area contributed by atoms with Gasteiger partial charge >= 0.3 is 6.09 Å². The number of amides is 1. The van der Waals surface area contributed by atoms with Crippen LogP contribution in [0.5, 0.6) is 5.75 Å². The minimum absolute atomic E-state index is 0.386. The zero-order chi connectivity index (χ0) is 22.6. The summed E-state index contributed by atoms with van der Waals surface area (Å²) in [5, 5.41) is 9.42. The number of benzene rings is 1.